The zero-order valence-corrected chi connectivity index (χ0v) is 17.4. The molecule has 1 saturated carbocycles. The standard InChI is InChI=1S/C22H28N4O4/c1-3-24(4-2)11-5-10-23-17-9-8-16(13-18(17)26(29)30)25-21(27)19-14-6-7-15(12-14)20(19)22(25)28/h6-9,13-15,19-20,23H,3-5,10-12H2,1-2H3/t14-,15-,19-,20+/m0/s1. The number of allylic oxidation sites excluding steroid dienone is 2. The number of nitro benzene ring substituents is 1. The van der Waals surface area contributed by atoms with E-state index < -0.39 is 4.92 Å². The molecule has 2 bridgehead atoms. The minimum atomic E-state index is -0.465. The molecule has 1 aromatic carbocycles. The van der Waals surface area contributed by atoms with Gasteiger partial charge in [-0.05, 0) is 56.4 Å². The predicted molar refractivity (Wildman–Crippen MR) is 114 cm³/mol. The third-order valence-electron chi connectivity index (χ3n) is 6.77. The molecule has 2 fully saturated rings. The lowest BCUT2D eigenvalue weighted by molar-refractivity contribution is -0.383. The quantitative estimate of drug-likeness (QED) is 0.220. The van der Waals surface area contributed by atoms with Crippen LogP contribution >= 0.6 is 0 Å². The van der Waals surface area contributed by atoms with E-state index >= 15 is 0 Å². The topological polar surface area (TPSA) is 95.8 Å². The first-order valence-electron chi connectivity index (χ1n) is 10.8. The van der Waals surface area contributed by atoms with Crippen molar-refractivity contribution in [2.24, 2.45) is 23.7 Å². The molecule has 2 aliphatic carbocycles. The van der Waals surface area contributed by atoms with Crippen molar-refractivity contribution >= 4 is 28.9 Å². The van der Waals surface area contributed by atoms with Gasteiger partial charge in [-0.3, -0.25) is 19.7 Å². The third-order valence-corrected chi connectivity index (χ3v) is 6.77. The summed E-state index contributed by atoms with van der Waals surface area (Å²) < 4.78 is 0. The molecule has 8 heteroatoms. The summed E-state index contributed by atoms with van der Waals surface area (Å²) in [7, 11) is 0. The summed E-state index contributed by atoms with van der Waals surface area (Å²) in [5.74, 6) is -0.854. The Bertz CT molecular complexity index is 865. The summed E-state index contributed by atoms with van der Waals surface area (Å²) in [4.78, 5) is 40.6. The highest BCUT2D eigenvalue weighted by Gasteiger charge is 2.59. The molecule has 3 aliphatic rings. The molecule has 1 heterocycles. The average molecular weight is 412 g/mol. The van der Waals surface area contributed by atoms with Crippen molar-refractivity contribution in [2.45, 2.75) is 26.7 Å². The van der Waals surface area contributed by atoms with Gasteiger partial charge in [-0.2, -0.15) is 0 Å². The molecular weight excluding hydrogens is 384 g/mol. The highest BCUT2D eigenvalue weighted by molar-refractivity contribution is 6.23. The van der Waals surface area contributed by atoms with Gasteiger partial charge >= 0.3 is 0 Å². The minimum Gasteiger partial charge on any atom is -0.379 e. The number of rotatable bonds is 9. The van der Waals surface area contributed by atoms with Gasteiger partial charge in [0.15, 0.2) is 0 Å². The van der Waals surface area contributed by atoms with Crippen molar-refractivity contribution < 1.29 is 14.5 Å². The van der Waals surface area contributed by atoms with Crippen LogP contribution in [0.1, 0.15) is 26.7 Å². The SMILES string of the molecule is CCN(CC)CCCNc1ccc(N2C(=O)[C@@H]3[C@H](C2=O)[C@H]2C=C[C@H]3C2)cc1[N+](=O)[O-]. The first-order chi connectivity index (χ1) is 14.5. The summed E-state index contributed by atoms with van der Waals surface area (Å²) in [5.41, 5.74) is 0.581. The number of carbonyl (C=O) groups is 2. The van der Waals surface area contributed by atoms with E-state index in [1.807, 2.05) is 12.2 Å². The van der Waals surface area contributed by atoms with Crippen LogP contribution in [0.15, 0.2) is 30.4 Å². The van der Waals surface area contributed by atoms with Crippen molar-refractivity contribution in [3.05, 3.63) is 40.5 Å². The van der Waals surface area contributed by atoms with E-state index in [1.165, 1.54) is 11.0 Å². The zero-order valence-electron chi connectivity index (χ0n) is 17.4. The molecule has 2 amide bonds. The Hall–Kier alpha value is -2.74. The van der Waals surface area contributed by atoms with Gasteiger partial charge in [0.25, 0.3) is 5.69 Å². The number of nitrogens with zero attached hydrogens (tertiary/aromatic N) is 3. The van der Waals surface area contributed by atoms with Crippen molar-refractivity contribution in [1.29, 1.82) is 0 Å². The molecule has 1 saturated heterocycles. The van der Waals surface area contributed by atoms with Gasteiger partial charge in [-0.15, -0.1) is 0 Å². The van der Waals surface area contributed by atoms with Gasteiger partial charge in [0.1, 0.15) is 5.69 Å². The zero-order chi connectivity index (χ0) is 21.4. The molecule has 0 aromatic heterocycles. The fourth-order valence-corrected chi connectivity index (χ4v) is 5.18. The Labute approximate surface area is 176 Å². The molecule has 0 unspecified atom stereocenters. The number of imide groups is 1. The Kier molecular flexibility index (Phi) is 5.60. The number of hydrogen-bond acceptors (Lipinski definition) is 6. The van der Waals surface area contributed by atoms with Crippen molar-refractivity contribution in [3.8, 4) is 0 Å². The van der Waals surface area contributed by atoms with Gasteiger partial charge in [-0.25, -0.2) is 4.90 Å². The number of nitrogens with one attached hydrogen (secondary N) is 1. The molecule has 160 valence electrons. The Balaban J connectivity index is 1.49. The maximum absolute atomic E-state index is 13.0. The number of carbonyl (C=O) groups excluding carboxylic acids is 2. The molecule has 8 nitrogen and oxygen atoms in total. The van der Waals surface area contributed by atoms with Crippen LogP contribution in [0, 0.1) is 33.8 Å². The predicted octanol–water partition coefficient (Wildman–Crippen LogP) is 3.05. The first-order valence-corrected chi connectivity index (χ1v) is 10.8. The molecule has 4 rings (SSSR count). The molecule has 0 radical (unpaired) electrons. The lowest BCUT2D eigenvalue weighted by Crippen LogP contribution is -2.32. The first kappa shape index (κ1) is 20.5. The number of nitro groups is 1. The average Bonchev–Trinajstić information content (AvgIpc) is 3.42. The summed E-state index contributed by atoms with van der Waals surface area (Å²) >= 11 is 0. The van der Waals surface area contributed by atoms with E-state index in [2.05, 4.69) is 24.1 Å². The Morgan fingerprint density at radius 2 is 1.77 bits per heavy atom. The molecule has 1 aliphatic heterocycles. The summed E-state index contributed by atoms with van der Waals surface area (Å²) in [6, 6.07) is 4.58. The maximum atomic E-state index is 13.0. The second-order valence-corrected chi connectivity index (χ2v) is 8.28. The van der Waals surface area contributed by atoms with Crippen LogP contribution in [0.5, 0.6) is 0 Å². The highest BCUT2D eigenvalue weighted by atomic mass is 16.6. The van der Waals surface area contributed by atoms with Gasteiger partial charge < -0.3 is 10.2 Å². The lowest BCUT2D eigenvalue weighted by Gasteiger charge is -2.19. The van der Waals surface area contributed by atoms with Crippen LogP contribution in [0.2, 0.25) is 0 Å². The molecule has 4 atom stereocenters. The highest BCUT2D eigenvalue weighted by Crippen LogP contribution is 2.53. The summed E-state index contributed by atoms with van der Waals surface area (Å²) in [6.07, 6.45) is 5.79. The van der Waals surface area contributed by atoms with Crippen LogP contribution in [0.3, 0.4) is 0 Å². The number of benzene rings is 1. The molecule has 1 N–H and O–H groups in total. The van der Waals surface area contributed by atoms with E-state index in [0.717, 1.165) is 32.5 Å². The van der Waals surface area contributed by atoms with E-state index in [9.17, 15) is 19.7 Å². The third kappa shape index (κ3) is 3.39. The number of fused-ring (bicyclic) bond motifs is 5. The fourth-order valence-electron chi connectivity index (χ4n) is 5.18. The Morgan fingerprint density at radius 1 is 1.13 bits per heavy atom. The second-order valence-electron chi connectivity index (χ2n) is 8.28. The lowest BCUT2D eigenvalue weighted by atomic mass is 9.85. The normalized spacial score (nSPS) is 26.7. The van der Waals surface area contributed by atoms with Gasteiger partial charge in [0, 0.05) is 12.6 Å². The summed E-state index contributed by atoms with van der Waals surface area (Å²) in [5, 5.41) is 14.8. The van der Waals surface area contributed by atoms with Crippen LogP contribution < -0.4 is 10.2 Å². The fraction of sp³-hybridized carbons (Fsp3) is 0.545. The molecule has 30 heavy (non-hydrogen) atoms. The molecular formula is C22H28N4O4. The van der Waals surface area contributed by atoms with Gasteiger partial charge in [-0.1, -0.05) is 26.0 Å². The van der Waals surface area contributed by atoms with Crippen LogP contribution in [-0.2, 0) is 9.59 Å². The molecule has 1 aromatic rings. The smallest absolute Gasteiger partial charge is 0.294 e. The van der Waals surface area contributed by atoms with E-state index in [0.29, 0.717) is 17.9 Å². The molecule has 0 spiro atoms. The van der Waals surface area contributed by atoms with Gasteiger partial charge in [0.05, 0.1) is 22.4 Å². The largest absolute Gasteiger partial charge is 0.379 e. The van der Waals surface area contributed by atoms with Crippen LogP contribution in [0.25, 0.3) is 0 Å². The van der Waals surface area contributed by atoms with Gasteiger partial charge in [0.2, 0.25) is 11.8 Å². The van der Waals surface area contributed by atoms with E-state index in [4.69, 9.17) is 0 Å². The second kappa shape index (κ2) is 8.18. The minimum absolute atomic E-state index is 0.114. The Morgan fingerprint density at radius 3 is 2.33 bits per heavy atom. The van der Waals surface area contributed by atoms with Crippen LogP contribution in [-0.4, -0.2) is 47.8 Å². The van der Waals surface area contributed by atoms with E-state index in [1.54, 1.807) is 12.1 Å². The van der Waals surface area contributed by atoms with Crippen molar-refractivity contribution in [1.82, 2.24) is 4.90 Å². The maximum Gasteiger partial charge on any atom is 0.294 e. The van der Waals surface area contributed by atoms with Crippen LogP contribution in [0.4, 0.5) is 17.1 Å². The van der Waals surface area contributed by atoms with E-state index in [-0.39, 0.29) is 41.2 Å². The number of hydrogen-bond donors (Lipinski definition) is 1. The van der Waals surface area contributed by atoms with Crippen molar-refractivity contribution in [3.63, 3.8) is 0 Å². The number of anilines is 2. The number of amides is 2. The monoisotopic (exact) mass is 412 g/mol. The summed E-state index contributed by atoms with van der Waals surface area (Å²) in [6.45, 7) is 7.69. The van der Waals surface area contributed by atoms with Crippen molar-refractivity contribution in [2.75, 3.05) is 36.4 Å².